The number of aromatic amines is 3. The zero-order valence-electron chi connectivity index (χ0n) is 15.6. The summed E-state index contributed by atoms with van der Waals surface area (Å²) < 4.78 is 0. The van der Waals surface area contributed by atoms with Crippen LogP contribution in [0.15, 0.2) is 0 Å². The van der Waals surface area contributed by atoms with Crippen molar-refractivity contribution in [3.8, 4) is 0 Å². The van der Waals surface area contributed by atoms with Crippen molar-refractivity contribution in [2.45, 2.75) is 41.5 Å². The van der Waals surface area contributed by atoms with Crippen LogP contribution in [0.1, 0.15) is 50.9 Å². The average Bonchev–Trinajstić information content (AvgIpc) is 3.08. The predicted octanol–water partition coefficient (Wildman–Crippen LogP) is 4.58. The van der Waals surface area contributed by atoms with E-state index in [9.17, 15) is 0 Å². The third kappa shape index (κ3) is 5.06. The summed E-state index contributed by atoms with van der Waals surface area (Å²) in [7, 11) is 0. The van der Waals surface area contributed by atoms with E-state index in [1.54, 1.807) is 0 Å². The van der Waals surface area contributed by atoms with Crippen LogP contribution in [0.25, 0.3) is 0 Å². The molecule has 3 aromatic rings. The maximum Gasteiger partial charge on any atom is 0.0207 e. The standard InChI is InChI=1S/C16H21N6.3HI.Ti/c1-7-13(8(2)18-17-7)16(14-9(3)19-20-10(14)4)15-11(5)21-22-12(15)6;;;;/h1-6H3,(H,17,18)(H,19,20)(H,21,22);3*1H;/q-1;;;;. The molecule has 0 saturated heterocycles. The fourth-order valence-corrected chi connectivity index (χ4v) is 3.13. The normalized spacial score (nSPS) is 9.46. The Morgan fingerprint density at radius 1 is 0.538 bits per heavy atom. The summed E-state index contributed by atoms with van der Waals surface area (Å²) in [5, 5.41) is 22.4. The van der Waals surface area contributed by atoms with Gasteiger partial charge >= 0.3 is 0 Å². The van der Waals surface area contributed by atoms with Crippen LogP contribution < -0.4 is 0 Å². The number of aromatic nitrogens is 6. The molecule has 0 fully saturated rings. The third-order valence-corrected chi connectivity index (χ3v) is 4.13. The maximum atomic E-state index is 4.37. The van der Waals surface area contributed by atoms with Gasteiger partial charge in [-0.05, 0) is 75.3 Å². The van der Waals surface area contributed by atoms with Crippen LogP contribution in [0.3, 0.4) is 0 Å². The molecule has 0 unspecified atom stereocenters. The fourth-order valence-electron chi connectivity index (χ4n) is 3.13. The van der Waals surface area contributed by atoms with Crippen LogP contribution >= 0.6 is 71.9 Å². The summed E-state index contributed by atoms with van der Waals surface area (Å²) in [5.74, 6) is 1.14. The molecular weight excluding hydrogens is 705 g/mol. The van der Waals surface area contributed by atoms with Gasteiger partial charge in [0.1, 0.15) is 0 Å². The van der Waals surface area contributed by atoms with Gasteiger partial charge < -0.3 is 15.3 Å². The maximum absolute atomic E-state index is 4.37. The number of H-pyrrole nitrogens is 3. The molecule has 3 heterocycles. The SMILES string of the molecule is Cc1n[nH]c(C)c1[C-](c1c(C)n[nH]c1C)c1c(C)n[nH]c1C.I.I.I.[Ti]. The zero-order valence-corrected chi connectivity index (χ0v) is 24.1. The minimum Gasteiger partial charge on any atom is -0.310 e. The van der Waals surface area contributed by atoms with E-state index in [1.165, 1.54) is 0 Å². The van der Waals surface area contributed by atoms with Gasteiger partial charge in [-0.25, -0.2) is 15.3 Å². The molecule has 0 atom stereocenters. The summed E-state index contributed by atoms with van der Waals surface area (Å²) in [4.78, 5) is 0. The number of aryl methyl sites for hydroxylation is 6. The summed E-state index contributed by atoms with van der Waals surface area (Å²) in [6.07, 6.45) is 0. The Balaban J connectivity index is 0. The van der Waals surface area contributed by atoms with Gasteiger partial charge in [0.25, 0.3) is 0 Å². The quantitative estimate of drug-likeness (QED) is 0.210. The molecule has 0 aromatic carbocycles. The fraction of sp³-hybridized carbons (Fsp3) is 0.375. The molecule has 3 rings (SSSR count). The molecule has 0 aliphatic rings. The number of hydrogen-bond donors (Lipinski definition) is 3. The number of nitrogens with one attached hydrogen (secondary N) is 3. The van der Waals surface area contributed by atoms with Crippen molar-refractivity contribution in [1.29, 1.82) is 0 Å². The molecule has 0 aliphatic heterocycles. The number of halogens is 3. The van der Waals surface area contributed by atoms with E-state index in [0.29, 0.717) is 0 Å². The first-order valence-electron chi connectivity index (χ1n) is 7.34. The van der Waals surface area contributed by atoms with Crippen LogP contribution in [-0.2, 0) is 21.7 Å². The van der Waals surface area contributed by atoms with E-state index in [4.69, 9.17) is 0 Å². The summed E-state index contributed by atoms with van der Waals surface area (Å²) in [5.41, 5.74) is 9.46. The molecule has 0 saturated carbocycles. The smallest absolute Gasteiger partial charge is 0.0207 e. The predicted molar refractivity (Wildman–Crippen MR) is 131 cm³/mol. The Bertz CT molecular complexity index is 671. The first kappa shape index (κ1) is 28.6. The average molecular weight is 729 g/mol. The van der Waals surface area contributed by atoms with Gasteiger partial charge in [0.2, 0.25) is 0 Å². The molecular formula is C16H24I3N6Ti-. The van der Waals surface area contributed by atoms with Crippen LogP contribution in [0, 0.1) is 47.5 Å². The van der Waals surface area contributed by atoms with E-state index in [2.05, 4.69) is 30.6 Å². The molecule has 3 N–H and O–H groups in total. The van der Waals surface area contributed by atoms with Gasteiger partial charge in [0, 0.05) is 38.8 Å². The van der Waals surface area contributed by atoms with Crippen molar-refractivity contribution in [2.75, 3.05) is 0 Å². The molecule has 0 bridgehead atoms. The van der Waals surface area contributed by atoms with Crippen molar-refractivity contribution in [3.63, 3.8) is 0 Å². The number of hydrogen-bond acceptors (Lipinski definition) is 3. The van der Waals surface area contributed by atoms with Gasteiger partial charge in [0.05, 0.1) is 0 Å². The van der Waals surface area contributed by atoms with Crippen molar-refractivity contribution in [3.05, 3.63) is 56.8 Å². The molecule has 144 valence electrons. The monoisotopic (exact) mass is 729 g/mol. The molecule has 0 spiro atoms. The first-order chi connectivity index (χ1) is 10.4. The van der Waals surface area contributed by atoms with Crippen LogP contribution in [0.5, 0.6) is 0 Å². The van der Waals surface area contributed by atoms with E-state index in [0.717, 1.165) is 56.8 Å². The third-order valence-electron chi connectivity index (χ3n) is 4.13. The molecule has 10 heteroatoms. The molecule has 3 aromatic heterocycles. The van der Waals surface area contributed by atoms with Crippen molar-refractivity contribution >= 4 is 71.9 Å². The van der Waals surface area contributed by atoms with Gasteiger partial charge in [-0.1, -0.05) is 5.92 Å². The number of nitrogens with zero attached hydrogens (tertiary/aromatic N) is 3. The van der Waals surface area contributed by atoms with Crippen molar-refractivity contribution in [1.82, 2.24) is 30.6 Å². The van der Waals surface area contributed by atoms with Crippen molar-refractivity contribution < 1.29 is 21.7 Å². The Labute approximate surface area is 220 Å². The second-order valence-electron chi connectivity index (χ2n) is 5.80. The van der Waals surface area contributed by atoms with Crippen LogP contribution in [-0.4, -0.2) is 30.6 Å². The van der Waals surface area contributed by atoms with E-state index in [1.807, 2.05) is 41.5 Å². The molecule has 0 amide bonds. The number of rotatable bonds is 3. The van der Waals surface area contributed by atoms with Gasteiger partial charge in [-0.15, -0.1) is 71.9 Å². The first-order valence-corrected chi connectivity index (χ1v) is 7.34. The molecule has 6 nitrogen and oxygen atoms in total. The summed E-state index contributed by atoms with van der Waals surface area (Å²) in [6, 6.07) is 0. The zero-order chi connectivity index (χ0) is 16.0. The Morgan fingerprint density at radius 3 is 0.923 bits per heavy atom. The molecule has 0 radical (unpaired) electrons. The largest absolute Gasteiger partial charge is 0.310 e. The van der Waals surface area contributed by atoms with Crippen LogP contribution in [0.2, 0.25) is 0 Å². The Kier molecular flexibility index (Phi) is 12.6. The second-order valence-corrected chi connectivity index (χ2v) is 5.80. The minimum absolute atomic E-state index is 0. The van der Waals surface area contributed by atoms with E-state index < -0.39 is 0 Å². The van der Waals surface area contributed by atoms with Gasteiger partial charge in [0.15, 0.2) is 0 Å². The summed E-state index contributed by atoms with van der Waals surface area (Å²) in [6.45, 7) is 12.2. The van der Waals surface area contributed by atoms with Gasteiger partial charge in [-0.2, -0.15) is 0 Å². The van der Waals surface area contributed by atoms with E-state index in [-0.39, 0.29) is 93.6 Å². The van der Waals surface area contributed by atoms with Gasteiger partial charge in [-0.3, -0.25) is 0 Å². The molecule has 26 heavy (non-hydrogen) atoms. The Morgan fingerprint density at radius 2 is 0.769 bits per heavy atom. The second kappa shape index (κ2) is 11.4. The van der Waals surface area contributed by atoms with Crippen molar-refractivity contribution in [2.24, 2.45) is 0 Å². The Hall–Kier alpha value is 0.404. The topological polar surface area (TPSA) is 86.0 Å². The van der Waals surface area contributed by atoms with E-state index >= 15 is 0 Å². The summed E-state index contributed by atoms with van der Waals surface area (Å²) >= 11 is 0. The minimum atomic E-state index is 0. The molecule has 0 aliphatic carbocycles. The van der Waals surface area contributed by atoms with Crippen LogP contribution in [0.4, 0.5) is 0 Å².